The second kappa shape index (κ2) is 9.51. The average molecular weight is 415 g/mol. The molecule has 3 aromatic heterocycles. The first-order valence-electron chi connectivity index (χ1n) is 10.6. The number of aromatic nitrogens is 4. The van der Waals surface area contributed by atoms with Gasteiger partial charge in [0.05, 0.1) is 6.54 Å². The Kier molecular flexibility index (Phi) is 6.36. The van der Waals surface area contributed by atoms with E-state index in [1.54, 1.807) is 23.2 Å². The van der Waals surface area contributed by atoms with E-state index in [0.29, 0.717) is 30.7 Å². The van der Waals surface area contributed by atoms with Crippen LogP contribution in [0.15, 0.2) is 65.8 Å². The Balaban J connectivity index is 1.37. The van der Waals surface area contributed by atoms with E-state index in [-0.39, 0.29) is 17.9 Å². The standard InChI is InChI=1S/C25H26N4O2/c1-18-15-27-24(9-5-8-19-6-3-2-4-7-19)25(31)29(18)17-22(30)11-10-21-14-20-16-26-13-12-23(20)28-21/h2-4,6-7,12-16,28H,5,8-11,17H2,1H3. The number of carbonyl (C=O) groups excluding carboxylic acids is 1. The molecule has 0 aliphatic carbocycles. The van der Waals surface area contributed by atoms with Crippen LogP contribution in [0, 0.1) is 6.92 Å². The predicted molar refractivity (Wildman–Crippen MR) is 121 cm³/mol. The zero-order valence-electron chi connectivity index (χ0n) is 17.7. The van der Waals surface area contributed by atoms with E-state index in [1.807, 2.05) is 37.3 Å². The zero-order chi connectivity index (χ0) is 21.6. The van der Waals surface area contributed by atoms with Gasteiger partial charge in [0.15, 0.2) is 5.78 Å². The van der Waals surface area contributed by atoms with Gasteiger partial charge in [-0.3, -0.25) is 19.6 Å². The van der Waals surface area contributed by atoms with Crippen LogP contribution in [0.5, 0.6) is 0 Å². The van der Waals surface area contributed by atoms with Gasteiger partial charge in [-0.15, -0.1) is 0 Å². The number of Topliss-reactive ketones (excluding diaryl/α,β-unsaturated/α-hetero) is 1. The van der Waals surface area contributed by atoms with Gasteiger partial charge in [-0.2, -0.15) is 0 Å². The Morgan fingerprint density at radius 1 is 1.06 bits per heavy atom. The molecular weight excluding hydrogens is 388 g/mol. The van der Waals surface area contributed by atoms with Crippen LogP contribution in [-0.4, -0.2) is 25.3 Å². The van der Waals surface area contributed by atoms with E-state index in [9.17, 15) is 9.59 Å². The number of ketones is 1. The minimum absolute atomic E-state index is 0.0309. The van der Waals surface area contributed by atoms with Crippen LogP contribution in [0.2, 0.25) is 0 Å². The minimum atomic E-state index is -0.155. The molecule has 0 bridgehead atoms. The Hall–Kier alpha value is -3.54. The molecule has 0 unspecified atom stereocenters. The lowest BCUT2D eigenvalue weighted by Gasteiger charge is -2.11. The number of hydrogen-bond acceptors (Lipinski definition) is 4. The van der Waals surface area contributed by atoms with Gasteiger partial charge in [0.1, 0.15) is 5.69 Å². The maximum absolute atomic E-state index is 12.9. The largest absolute Gasteiger partial charge is 0.358 e. The van der Waals surface area contributed by atoms with Crippen molar-refractivity contribution in [3.8, 4) is 0 Å². The summed E-state index contributed by atoms with van der Waals surface area (Å²) in [5, 5.41) is 1.03. The molecule has 0 aliphatic rings. The maximum atomic E-state index is 12.9. The lowest BCUT2D eigenvalue weighted by Crippen LogP contribution is -2.30. The SMILES string of the molecule is Cc1cnc(CCCc2ccccc2)c(=O)n1CC(=O)CCc1cc2cnccc2[nH]1. The molecule has 0 atom stereocenters. The molecule has 4 aromatic rings. The number of pyridine rings is 1. The molecule has 1 N–H and O–H groups in total. The van der Waals surface area contributed by atoms with E-state index >= 15 is 0 Å². The highest BCUT2D eigenvalue weighted by atomic mass is 16.1. The fourth-order valence-corrected chi connectivity index (χ4v) is 3.78. The topological polar surface area (TPSA) is 80.6 Å². The molecule has 0 fully saturated rings. The number of rotatable bonds is 9. The summed E-state index contributed by atoms with van der Waals surface area (Å²) in [5.74, 6) is 0.0309. The number of nitrogens with zero attached hydrogens (tertiary/aromatic N) is 3. The molecule has 0 aliphatic heterocycles. The van der Waals surface area contributed by atoms with Gasteiger partial charge in [0, 0.05) is 47.3 Å². The lowest BCUT2D eigenvalue weighted by molar-refractivity contribution is -0.119. The molecule has 0 saturated heterocycles. The average Bonchev–Trinajstić information content (AvgIpc) is 3.20. The highest BCUT2D eigenvalue weighted by molar-refractivity contribution is 5.80. The van der Waals surface area contributed by atoms with Crippen LogP contribution in [0.25, 0.3) is 10.9 Å². The molecule has 3 heterocycles. The molecule has 0 saturated carbocycles. The van der Waals surface area contributed by atoms with Gasteiger partial charge < -0.3 is 9.55 Å². The van der Waals surface area contributed by atoms with Crippen molar-refractivity contribution in [3.63, 3.8) is 0 Å². The summed E-state index contributed by atoms with van der Waals surface area (Å²) in [6.07, 6.45) is 8.56. The van der Waals surface area contributed by atoms with E-state index < -0.39 is 0 Å². The third kappa shape index (κ3) is 5.15. The second-order valence-electron chi connectivity index (χ2n) is 7.87. The first kappa shape index (κ1) is 20.7. The molecule has 31 heavy (non-hydrogen) atoms. The van der Waals surface area contributed by atoms with E-state index in [4.69, 9.17) is 0 Å². The summed E-state index contributed by atoms with van der Waals surface area (Å²) in [6, 6.07) is 14.1. The van der Waals surface area contributed by atoms with Crippen molar-refractivity contribution in [2.75, 3.05) is 0 Å². The third-order valence-electron chi connectivity index (χ3n) is 5.53. The number of H-pyrrole nitrogens is 1. The molecule has 0 spiro atoms. The van der Waals surface area contributed by atoms with Crippen LogP contribution in [0.4, 0.5) is 0 Å². The number of carbonyl (C=O) groups is 1. The first-order valence-corrected chi connectivity index (χ1v) is 10.6. The normalized spacial score (nSPS) is 11.1. The van der Waals surface area contributed by atoms with E-state index in [0.717, 1.165) is 29.4 Å². The molecule has 6 nitrogen and oxygen atoms in total. The fourth-order valence-electron chi connectivity index (χ4n) is 3.78. The molecule has 0 radical (unpaired) electrons. The first-order chi connectivity index (χ1) is 15.1. The molecule has 4 rings (SSSR count). The van der Waals surface area contributed by atoms with Crippen molar-refractivity contribution in [3.05, 3.63) is 94.1 Å². The Morgan fingerprint density at radius 3 is 2.71 bits per heavy atom. The van der Waals surface area contributed by atoms with Crippen LogP contribution in [0.1, 0.15) is 35.5 Å². The van der Waals surface area contributed by atoms with Gasteiger partial charge >= 0.3 is 0 Å². The van der Waals surface area contributed by atoms with Gasteiger partial charge in [-0.25, -0.2) is 0 Å². The highest BCUT2D eigenvalue weighted by Gasteiger charge is 2.12. The maximum Gasteiger partial charge on any atom is 0.272 e. The van der Waals surface area contributed by atoms with Gasteiger partial charge in [-0.05, 0) is 50.3 Å². The van der Waals surface area contributed by atoms with Crippen LogP contribution < -0.4 is 5.56 Å². The molecular formula is C25H26N4O2. The smallest absolute Gasteiger partial charge is 0.272 e. The monoisotopic (exact) mass is 414 g/mol. The van der Waals surface area contributed by atoms with Crippen LogP contribution in [0.3, 0.4) is 0 Å². The number of aromatic amines is 1. The summed E-state index contributed by atoms with van der Waals surface area (Å²) in [6.45, 7) is 1.90. The molecule has 158 valence electrons. The number of hydrogen-bond donors (Lipinski definition) is 1. The number of benzene rings is 1. The lowest BCUT2D eigenvalue weighted by atomic mass is 10.1. The Labute approximate surface area is 181 Å². The quantitative estimate of drug-likeness (QED) is 0.452. The molecule has 1 aromatic carbocycles. The summed E-state index contributed by atoms with van der Waals surface area (Å²) in [4.78, 5) is 37.3. The molecule has 6 heteroatoms. The second-order valence-corrected chi connectivity index (χ2v) is 7.87. The van der Waals surface area contributed by atoms with Crippen LogP contribution >= 0.6 is 0 Å². The molecule has 0 amide bonds. The van der Waals surface area contributed by atoms with E-state index in [1.165, 1.54) is 5.56 Å². The number of fused-ring (bicyclic) bond motifs is 1. The van der Waals surface area contributed by atoms with Crippen molar-refractivity contribution < 1.29 is 4.79 Å². The summed E-state index contributed by atoms with van der Waals surface area (Å²) < 4.78 is 1.56. The van der Waals surface area contributed by atoms with Crippen molar-refractivity contribution >= 4 is 16.7 Å². The highest BCUT2D eigenvalue weighted by Crippen LogP contribution is 2.15. The summed E-state index contributed by atoms with van der Waals surface area (Å²) in [7, 11) is 0. The van der Waals surface area contributed by atoms with E-state index in [2.05, 4.69) is 27.1 Å². The number of nitrogens with one attached hydrogen (secondary N) is 1. The van der Waals surface area contributed by atoms with Crippen molar-refractivity contribution in [2.24, 2.45) is 0 Å². The third-order valence-corrected chi connectivity index (χ3v) is 5.53. The fraction of sp³-hybridized carbons (Fsp3) is 0.280. The Morgan fingerprint density at radius 2 is 1.90 bits per heavy atom. The summed E-state index contributed by atoms with van der Waals surface area (Å²) in [5.41, 5.74) is 4.34. The summed E-state index contributed by atoms with van der Waals surface area (Å²) >= 11 is 0. The minimum Gasteiger partial charge on any atom is -0.358 e. The zero-order valence-corrected chi connectivity index (χ0v) is 17.7. The van der Waals surface area contributed by atoms with Gasteiger partial charge in [-0.1, -0.05) is 30.3 Å². The van der Waals surface area contributed by atoms with Crippen molar-refractivity contribution in [1.82, 2.24) is 19.5 Å². The van der Waals surface area contributed by atoms with Crippen molar-refractivity contribution in [2.45, 2.75) is 45.6 Å². The predicted octanol–water partition coefficient (Wildman–Crippen LogP) is 3.81. The van der Waals surface area contributed by atoms with Gasteiger partial charge in [0.2, 0.25) is 0 Å². The number of aryl methyl sites for hydroxylation is 4. The Bertz CT molecular complexity index is 1210. The van der Waals surface area contributed by atoms with Crippen molar-refractivity contribution in [1.29, 1.82) is 0 Å². The van der Waals surface area contributed by atoms with Crippen LogP contribution in [-0.2, 0) is 30.6 Å². The van der Waals surface area contributed by atoms with Gasteiger partial charge in [0.25, 0.3) is 5.56 Å².